The molecule has 0 bridgehead atoms. The van der Waals surface area contributed by atoms with Crippen molar-refractivity contribution in [2.45, 2.75) is 0 Å². The lowest BCUT2D eigenvalue weighted by Crippen LogP contribution is -2.12. The maximum Gasteiger partial charge on any atom is 0.261 e. The number of aryl methyl sites for hydroxylation is 1. The van der Waals surface area contributed by atoms with Crippen LogP contribution in [0.5, 0.6) is 0 Å². The number of hydrogen-bond donors (Lipinski definition) is 2. The number of carbonyl (C=O) groups excluding carboxylic acids is 1. The molecule has 0 saturated heterocycles. The lowest BCUT2D eigenvalue weighted by molar-refractivity contribution is 0.102. The van der Waals surface area contributed by atoms with Crippen molar-refractivity contribution in [1.82, 2.24) is 25.0 Å². The van der Waals surface area contributed by atoms with Crippen LogP contribution in [0.25, 0.3) is 11.4 Å². The summed E-state index contributed by atoms with van der Waals surface area (Å²) in [7, 11) is 1.71. The van der Waals surface area contributed by atoms with Gasteiger partial charge in [-0.1, -0.05) is 12.1 Å². The first kappa shape index (κ1) is 13.0. The van der Waals surface area contributed by atoms with Crippen LogP contribution in [0.15, 0.2) is 36.7 Å². The Balaban J connectivity index is 1.80. The number of nitrogens with zero attached hydrogens (tertiary/aromatic N) is 4. The summed E-state index contributed by atoms with van der Waals surface area (Å²) in [5, 5.41) is 12.8. The van der Waals surface area contributed by atoms with Crippen LogP contribution in [0.1, 0.15) is 10.4 Å². The van der Waals surface area contributed by atoms with E-state index in [1.54, 1.807) is 31.4 Å². The monoisotopic (exact) mass is 286 g/mol. The predicted octanol–water partition coefficient (Wildman–Crippen LogP) is 1.60. The number of anilines is 1. The fourth-order valence-corrected chi connectivity index (χ4v) is 1.80. The molecule has 1 amide bonds. The molecule has 0 saturated carbocycles. The van der Waals surface area contributed by atoms with E-state index in [4.69, 9.17) is 0 Å². The second-order valence-corrected chi connectivity index (χ2v) is 4.34. The third-order valence-electron chi connectivity index (χ3n) is 2.81. The normalized spacial score (nSPS) is 10.6. The van der Waals surface area contributed by atoms with Gasteiger partial charge in [-0.05, 0) is 12.1 Å². The Bertz CT molecular complexity index is 793. The lowest BCUT2D eigenvalue weighted by Gasteiger charge is -1.97. The van der Waals surface area contributed by atoms with E-state index in [9.17, 15) is 9.18 Å². The SMILES string of the molecule is Cn1cc(C(=O)Nc2n[nH]c(-c3ccccc3F)n2)cn1. The smallest absolute Gasteiger partial charge is 0.261 e. The van der Waals surface area contributed by atoms with Crippen molar-refractivity contribution in [2.24, 2.45) is 7.05 Å². The highest BCUT2D eigenvalue weighted by molar-refractivity contribution is 6.03. The van der Waals surface area contributed by atoms with E-state index in [2.05, 4.69) is 25.6 Å². The minimum absolute atomic E-state index is 0.0714. The number of halogens is 1. The standard InChI is InChI=1S/C13H11FN6O/c1-20-7-8(6-15-20)12(21)17-13-16-11(18-19-13)9-4-2-3-5-10(9)14/h2-7H,1H3,(H2,16,17,18,19,21). The van der Waals surface area contributed by atoms with Gasteiger partial charge in [-0.2, -0.15) is 10.1 Å². The number of carbonyl (C=O) groups is 1. The van der Waals surface area contributed by atoms with Gasteiger partial charge in [0.1, 0.15) is 5.82 Å². The Morgan fingerprint density at radius 2 is 2.19 bits per heavy atom. The Labute approximate surface area is 118 Å². The van der Waals surface area contributed by atoms with E-state index in [0.717, 1.165) is 0 Å². The van der Waals surface area contributed by atoms with Crippen molar-refractivity contribution in [3.63, 3.8) is 0 Å². The molecule has 2 heterocycles. The summed E-state index contributed by atoms with van der Waals surface area (Å²) in [6.45, 7) is 0. The van der Waals surface area contributed by atoms with Gasteiger partial charge in [0.2, 0.25) is 5.95 Å². The van der Waals surface area contributed by atoms with Gasteiger partial charge in [0.25, 0.3) is 5.91 Å². The minimum Gasteiger partial charge on any atom is -0.289 e. The van der Waals surface area contributed by atoms with E-state index >= 15 is 0 Å². The summed E-state index contributed by atoms with van der Waals surface area (Å²) in [6.07, 6.45) is 3.00. The van der Waals surface area contributed by atoms with Crippen LogP contribution in [-0.2, 0) is 7.05 Å². The van der Waals surface area contributed by atoms with Crippen LogP contribution in [0, 0.1) is 5.82 Å². The molecule has 0 aliphatic heterocycles. The zero-order valence-corrected chi connectivity index (χ0v) is 11.0. The fourth-order valence-electron chi connectivity index (χ4n) is 1.80. The topological polar surface area (TPSA) is 88.5 Å². The molecular formula is C13H11FN6O. The number of aromatic amines is 1. The van der Waals surface area contributed by atoms with Gasteiger partial charge in [-0.15, -0.1) is 5.10 Å². The number of rotatable bonds is 3. The number of hydrogen-bond acceptors (Lipinski definition) is 4. The molecule has 0 radical (unpaired) electrons. The molecule has 2 aromatic heterocycles. The molecule has 21 heavy (non-hydrogen) atoms. The molecule has 3 rings (SSSR count). The highest BCUT2D eigenvalue weighted by Gasteiger charge is 2.13. The third-order valence-corrected chi connectivity index (χ3v) is 2.81. The summed E-state index contributed by atoms with van der Waals surface area (Å²) in [5.74, 6) is -0.488. The van der Waals surface area contributed by atoms with E-state index in [0.29, 0.717) is 5.56 Å². The molecular weight excluding hydrogens is 275 g/mol. The average molecular weight is 286 g/mol. The van der Waals surface area contributed by atoms with E-state index in [-0.39, 0.29) is 23.2 Å². The highest BCUT2D eigenvalue weighted by atomic mass is 19.1. The molecule has 0 unspecified atom stereocenters. The van der Waals surface area contributed by atoms with Crippen LogP contribution >= 0.6 is 0 Å². The minimum atomic E-state index is -0.418. The molecule has 0 aliphatic carbocycles. The highest BCUT2D eigenvalue weighted by Crippen LogP contribution is 2.19. The van der Waals surface area contributed by atoms with Crippen molar-refractivity contribution in [2.75, 3.05) is 5.32 Å². The molecule has 0 aliphatic rings. The Morgan fingerprint density at radius 1 is 1.38 bits per heavy atom. The largest absolute Gasteiger partial charge is 0.289 e. The number of nitrogens with one attached hydrogen (secondary N) is 2. The zero-order valence-electron chi connectivity index (χ0n) is 11.0. The maximum atomic E-state index is 13.6. The molecule has 1 aromatic carbocycles. The molecule has 0 fully saturated rings. The Hall–Kier alpha value is -3.03. The molecule has 106 valence electrons. The quantitative estimate of drug-likeness (QED) is 0.765. The van der Waals surface area contributed by atoms with Crippen molar-refractivity contribution >= 4 is 11.9 Å². The van der Waals surface area contributed by atoms with Crippen molar-refractivity contribution in [1.29, 1.82) is 0 Å². The van der Waals surface area contributed by atoms with Crippen LogP contribution in [0.3, 0.4) is 0 Å². The van der Waals surface area contributed by atoms with Crippen molar-refractivity contribution in [3.8, 4) is 11.4 Å². The van der Waals surface area contributed by atoms with E-state index in [1.165, 1.54) is 16.9 Å². The van der Waals surface area contributed by atoms with Gasteiger partial charge in [0.15, 0.2) is 5.82 Å². The van der Waals surface area contributed by atoms with Gasteiger partial charge in [0.05, 0.1) is 17.3 Å². The first-order chi connectivity index (χ1) is 10.1. The molecule has 0 spiro atoms. The van der Waals surface area contributed by atoms with Gasteiger partial charge in [-0.25, -0.2) is 4.39 Å². The van der Waals surface area contributed by atoms with Crippen molar-refractivity contribution in [3.05, 3.63) is 48.0 Å². The second-order valence-electron chi connectivity index (χ2n) is 4.34. The average Bonchev–Trinajstić information content (AvgIpc) is 3.08. The summed E-state index contributed by atoms with van der Waals surface area (Å²) < 4.78 is 15.1. The second kappa shape index (κ2) is 5.16. The van der Waals surface area contributed by atoms with Crippen LogP contribution in [-0.4, -0.2) is 30.9 Å². The van der Waals surface area contributed by atoms with Gasteiger partial charge in [0, 0.05) is 13.2 Å². The zero-order chi connectivity index (χ0) is 14.8. The maximum absolute atomic E-state index is 13.6. The fraction of sp³-hybridized carbons (Fsp3) is 0.0769. The Morgan fingerprint density at radius 3 is 2.90 bits per heavy atom. The molecule has 2 N–H and O–H groups in total. The van der Waals surface area contributed by atoms with Crippen LogP contribution in [0.4, 0.5) is 10.3 Å². The first-order valence-electron chi connectivity index (χ1n) is 6.11. The summed E-state index contributed by atoms with van der Waals surface area (Å²) in [5.41, 5.74) is 0.668. The number of H-pyrrole nitrogens is 1. The van der Waals surface area contributed by atoms with Crippen LogP contribution in [0.2, 0.25) is 0 Å². The van der Waals surface area contributed by atoms with Gasteiger partial charge < -0.3 is 0 Å². The summed E-state index contributed by atoms with van der Waals surface area (Å²) in [4.78, 5) is 16.0. The predicted molar refractivity (Wildman–Crippen MR) is 72.9 cm³/mol. The molecule has 7 nitrogen and oxygen atoms in total. The number of aromatic nitrogens is 5. The number of amides is 1. The van der Waals surface area contributed by atoms with Gasteiger partial charge in [-0.3, -0.25) is 19.9 Å². The number of benzene rings is 1. The lowest BCUT2D eigenvalue weighted by atomic mass is 10.2. The molecule has 8 heteroatoms. The third kappa shape index (κ3) is 2.64. The van der Waals surface area contributed by atoms with E-state index in [1.807, 2.05) is 0 Å². The Kier molecular flexibility index (Phi) is 3.19. The first-order valence-corrected chi connectivity index (χ1v) is 6.11. The molecule has 0 atom stereocenters. The van der Waals surface area contributed by atoms with Gasteiger partial charge >= 0.3 is 0 Å². The molecule has 3 aromatic rings. The van der Waals surface area contributed by atoms with E-state index < -0.39 is 5.82 Å². The van der Waals surface area contributed by atoms with Crippen LogP contribution < -0.4 is 5.32 Å². The van der Waals surface area contributed by atoms with Crippen molar-refractivity contribution < 1.29 is 9.18 Å². The summed E-state index contributed by atoms with van der Waals surface area (Å²) >= 11 is 0. The summed E-state index contributed by atoms with van der Waals surface area (Å²) in [6, 6.07) is 6.17.